The van der Waals surface area contributed by atoms with Gasteiger partial charge < -0.3 is 18.1 Å². The van der Waals surface area contributed by atoms with E-state index in [1.54, 1.807) is 13.8 Å². The van der Waals surface area contributed by atoms with Crippen molar-refractivity contribution in [1.29, 1.82) is 0 Å². The highest BCUT2D eigenvalue weighted by atomic mass is 31.2. The van der Waals surface area contributed by atoms with E-state index in [1.165, 1.54) is 14.2 Å². The van der Waals surface area contributed by atoms with Gasteiger partial charge in [-0.25, -0.2) is 0 Å². The van der Waals surface area contributed by atoms with Crippen LogP contribution in [0.1, 0.15) is 26.7 Å². The molecule has 0 N–H and O–H groups in total. The molecule has 0 saturated heterocycles. The largest absolute Gasteiger partial charge is 0.697 e. The lowest BCUT2D eigenvalue weighted by molar-refractivity contribution is 0.214. The first-order valence-electron chi connectivity index (χ1n) is 7.66. The van der Waals surface area contributed by atoms with E-state index in [4.69, 9.17) is 27.1 Å². The molecule has 0 aromatic heterocycles. The van der Waals surface area contributed by atoms with Crippen molar-refractivity contribution in [3.63, 3.8) is 0 Å². The molecule has 24 heavy (non-hydrogen) atoms. The fraction of sp³-hybridized carbons (Fsp3) is 1.00. The fourth-order valence-electron chi connectivity index (χ4n) is 1.64. The molecule has 2 atom stereocenters. The molecule has 0 amide bonds. The topological polar surface area (TPSA) is 107 Å². The Morgan fingerprint density at radius 2 is 1.17 bits per heavy atom. The van der Waals surface area contributed by atoms with Crippen LogP contribution in [0.2, 0.25) is 0 Å². The van der Waals surface area contributed by atoms with E-state index in [9.17, 15) is 13.7 Å². The van der Waals surface area contributed by atoms with Crippen LogP contribution in [-0.4, -0.2) is 53.0 Å². The summed E-state index contributed by atoms with van der Waals surface area (Å²) in [4.78, 5) is 0. The molecule has 12 heteroatoms. The van der Waals surface area contributed by atoms with Gasteiger partial charge in [0.2, 0.25) is 0 Å². The fourth-order valence-corrected chi connectivity index (χ4v) is 4.93. The van der Waals surface area contributed by atoms with Crippen LogP contribution in [0.4, 0.5) is 0 Å². The Labute approximate surface area is 144 Å². The molecule has 0 aliphatic carbocycles. The van der Waals surface area contributed by atoms with Crippen molar-refractivity contribution in [2.45, 2.75) is 26.7 Å². The third kappa shape index (κ3) is 11.0. The Morgan fingerprint density at radius 1 is 0.792 bits per heavy atom. The molecule has 0 aliphatic rings. The minimum atomic E-state index is -3.09. The average molecular weight is 409 g/mol. The van der Waals surface area contributed by atoms with E-state index in [2.05, 4.69) is 0 Å². The van der Waals surface area contributed by atoms with E-state index >= 15 is 0 Å². The summed E-state index contributed by atoms with van der Waals surface area (Å²) in [6.07, 6.45) is 1.06. The quantitative estimate of drug-likeness (QED) is 0.274. The van der Waals surface area contributed by atoms with Crippen molar-refractivity contribution < 1.29 is 40.8 Å². The first-order chi connectivity index (χ1) is 11.3. The molecule has 0 aromatic rings. The Morgan fingerprint density at radius 3 is 1.46 bits per heavy atom. The van der Waals surface area contributed by atoms with Crippen molar-refractivity contribution in [2.24, 2.45) is 0 Å². The molecular formula is C12H28O9P3+. The molecule has 144 valence electrons. The molecule has 0 bridgehead atoms. The summed E-state index contributed by atoms with van der Waals surface area (Å²) in [5.74, 6) is 0. The van der Waals surface area contributed by atoms with Gasteiger partial charge in [-0.3, -0.25) is 9.13 Å². The normalized spacial score (nSPS) is 17.2. The predicted molar refractivity (Wildman–Crippen MR) is 91.0 cm³/mol. The van der Waals surface area contributed by atoms with Gasteiger partial charge >= 0.3 is 23.4 Å². The molecule has 2 unspecified atom stereocenters. The van der Waals surface area contributed by atoms with Crippen LogP contribution in [-0.2, 0) is 40.8 Å². The second-order valence-electron chi connectivity index (χ2n) is 4.47. The highest BCUT2D eigenvalue weighted by Crippen LogP contribution is 2.48. The van der Waals surface area contributed by atoms with Crippen molar-refractivity contribution in [2.75, 3.05) is 53.0 Å². The summed E-state index contributed by atoms with van der Waals surface area (Å²) < 4.78 is 65.2. The summed E-state index contributed by atoms with van der Waals surface area (Å²) in [6, 6.07) is 0. The van der Waals surface area contributed by atoms with Gasteiger partial charge in [-0.15, -0.1) is 9.05 Å². The van der Waals surface area contributed by atoms with Gasteiger partial charge in [-0.2, -0.15) is 0 Å². The standard InChI is InChI=1S/C12H28O9P3/c1-5-20-23(14,16-3)11-7-9-18-22(13)19-10-8-12-24(15,17-4)21-6-2/h5-12H2,1-4H3/q+1. The number of hydrogen-bond acceptors (Lipinski definition) is 9. The number of rotatable bonds is 16. The second-order valence-corrected chi connectivity index (χ2v) is 10.0. The summed E-state index contributed by atoms with van der Waals surface area (Å²) in [5.41, 5.74) is 0. The van der Waals surface area contributed by atoms with E-state index in [-0.39, 0.29) is 38.8 Å². The van der Waals surface area contributed by atoms with Crippen LogP contribution >= 0.6 is 23.4 Å². The Balaban J connectivity index is 3.85. The van der Waals surface area contributed by atoms with Crippen LogP contribution in [0.25, 0.3) is 0 Å². The minimum Gasteiger partial charge on any atom is -0.312 e. The van der Waals surface area contributed by atoms with E-state index < -0.39 is 23.4 Å². The summed E-state index contributed by atoms with van der Waals surface area (Å²) >= 11 is 0. The molecule has 0 aromatic carbocycles. The zero-order valence-corrected chi connectivity index (χ0v) is 17.4. The van der Waals surface area contributed by atoms with E-state index in [1.807, 2.05) is 0 Å². The Bertz CT molecular complexity index is 405. The van der Waals surface area contributed by atoms with E-state index in [0.717, 1.165) is 0 Å². The molecule has 0 aliphatic heterocycles. The SMILES string of the molecule is CCOP(=O)(CCCO[P+](=O)OCCCP(=O)(OC)OCC)OC. The maximum Gasteiger partial charge on any atom is 0.697 e. The molecular weight excluding hydrogens is 381 g/mol. The molecule has 0 radical (unpaired) electrons. The van der Waals surface area contributed by atoms with Crippen LogP contribution in [0, 0.1) is 0 Å². The lowest BCUT2D eigenvalue weighted by Gasteiger charge is -2.14. The van der Waals surface area contributed by atoms with Crippen molar-refractivity contribution in [1.82, 2.24) is 0 Å². The van der Waals surface area contributed by atoms with Gasteiger partial charge in [0.25, 0.3) is 0 Å². The van der Waals surface area contributed by atoms with Gasteiger partial charge in [0.1, 0.15) is 13.2 Å². The molecule has 0 fully saturated rings. The van der Waals surface area contributed by atoms with Crippen LogP contribution in [0.5, 0.6) is 0 Å². The lowest BCUT2D eigenvalue weighted by Crippen LogP contribution is -2.02. The van der Waals surface area contributed by atoms with Crippen LogP contribution < -0.4 is 0 Å². The molecule has 9 nitrogen and oxygen atoms in total. The van der Waals surface area contributed by atoms with Gasteiger partial charge in [0.05, 0.1) is 25.5 Å². The first-order valence-corrected chi connectivity index (χ1v) is 12.2. The van der Waals surface area contributed by atoms with Crippen molar-refractivity contribution in [3.05, 3.63) is 0 Å². The minimum absolute atomic E-state index is 0.102. The maximum absolute atomic E-state index is 12.0. The molecule has 0 saturated carbocycles. The highest BCUT2D eigenvalue weighted by Gasteiger charge is 2.26. The molecule has 0 heterocycles. The van der Waals surface area contributed by atoms with Gasteiger partial charge in [-0.05, 0) is 26.7 Å². The summed E-state index contributed by atoms with van der Waals surface area (Å²) in [5, 5.41) is 0. The molecule has 0 spiro atoms. The monoisotopic (exact) mass is 409 g/mol. The maximum atomic E-state index is 12.0. The zero-order valence-electron chi connectivity index (χ0n) is 14.7. The highest BCUT2D eigenvalue weighted by molar-refractivity contribution is 7.54. The van der Waals surface area contributed by atoms with Gasteiger partial charge in [0.15, 0.2) is 0 Å². The Kier molecular flexibility index (Phi) is 13.7. The second kappa shape index (κ2) is 13.5. The third-order valence-corrected chi connectivity index (χ3v) is 7.68. The summed E-state index contributed by atoms with van der Waals surface area (Å²) in [6.45, 7) is 4.23. The first kappa shape index (κ1) is 24.3. The third-order valence-electron chi connectivity index (χ3n) is 2.75. The molecule has 0 rings (SSSR count). The van der Waals surface area contributed by atoms with Crippen LogP contribution in [0.3, 0.4) is 0 Å². The Hall–Kier alpha value is 0.320. The number of hydrogen-bond donors (Lipinski definition) is 0. The van der Waals surface area contributed by atoms with E-state index in [0.29, 0.717) is 12.8 Å². The van der Waals surface area contributed by atoms with Gasteiger partial charge in [0, 0.05) is 18.8 Å². The average Bonchev–Trinajstić information content (AvgIpc) is 2.56. The predicted octanol–water partition coefficient (Wildman–Crippen LogP) is 4.21. The smallest absolute Gasteiger partial charge is 0.312 e. The summed E-state index contributed by atoms with van der Waals surface area (Å²) in [7, 11) is -5.83. The van der Waals surface area contributed by atoms with Gasteiger partial charge in [-0.1, -0.05) is 0 Å². The van der Waals surface area contributed by atoms with Crippen molar-refractivity contribution in [3.8, 4) is 0 Å². The van der Waals surface area contributed by atoms with Crippen LogP contribution in [0.15, 0.2) is 0 Å². The lowest BCUT2D eigenvalue weighted by atomic mass is 10.5. The zero-order chi connectivity index (χ0) is 18.5. The van der Waals surface area contributed by atoms with Crippen molar-refractivity contribution >= 4 is 23.4 Å².